The van der Waals surface area contributed by atoms with Gasteiger partial charge in [-0.05, 0) is 52.3 Å². The lowest BCUT2D eigenvalue weighted by Gasteiger charge is -2.25. The molecular weight excluding hydrogens is 356 g/mol. The zero-order valence-corrected chi connectivity index (χ0v) is 17.1. The summed E-state index contributed by atoms with van der Waals surface area (Å²) in [5.74, 6) is -2.44. The maximum Gasteiger partial charge on any atom is 0.335 e. The predicted octanol–water partition coefficient (Wildman–Crippen LogP) is 6.09. The van der Waals surface area contributed by atoms with Crippen LogP contribution in [-0.4, -0.2) is 22.2 Å². The van der Waals surface area contributed by atoms with E-state index in [1.807, 2.05) is 12.1 Å². The van der Waals surface area contributed by atoms with Crippen LogP contribution in [0.15, 0.2) is 46.6 Å². The van der Waals surface area contributed by atoms with E-state index in [1.165, 1.54) is 12.1 Å². The van der Waals surface area contributed by atoms with Crippen molar-refractivity contribution in [3.63, 3.8) is 0 Å². The number of azo groups is 1. The van der Waals surface area contributed by atoms with Crippen LogP contribution in [0, 0.1) is 0 Å². The van der Waals surface area contributed by atoms with Crippen LogP contribution in [0.25, 0.3) is 0 Å². The monoisotopic (exact) mass is 382 g/mol. The quantitative estimate of drug-likeness (QED) is 0.625. The van der Waals surface area contributed by atoms with Crippen LogP contribution in [0.4, 0.5) is 11.4 Å². The maximum absolute atomic E-state index is 11.2. The number of hydrogen-bond donors (Lipinski definition) is 2. The van der Waals surface area contributed by atoms with Gasteiger partial charge in [-0.1, -0.05) is 47.6 Å². The highest BCUT2D eigenvalue weighted by atomic mass is 16.4. The molecule has 148 valence electrons. The van der Waals surface area contributed by atoms with E-state index in [-0.39, 0.29) is 27.6 Å². The molecule has 0 aromatic heterocycles. The van der Waals surface area contributed by atoms with E-state index in [1.54, 1.807) is 0 Å². The molecule has 0 spiro atoms. The highest BCUT2D eigenvalue weighted by molar-refractivity contribution is 5.95. The summed E-state index contributed by atoms with van der Waals surface area (Å²) >= 11 is 0. The van der Waals surface area contributed by atoms with Crippen molar-refractivity contribution in [3.05, 3.63) is 58.7 Å². The lowest BCUT2D eigenvalue weighted by Crippen LogP contribution is -2.16. The van der Waals surface area contributed by atoms with Gasteiger partial charge in [0, 0.05) is 0 Å². The van der Waals surface area contributed by atoms with Crippen molar-refractivity contribution >= 4 is 23.3 Å². The molecule has 0 aliphatic carbocycles. The van der Waals surface area contributed by atoms with E-state index >= 15 is 0 Å². The molecule has 0 saturated carbocycles. The Kier molecular flexibility index (Phi) is 5.73. The topological polar surface area (TPSA) is 99.3 Å². The number of hydrogen-bond acceptors (Lipinski definition) is 4. The smallest absolute Gasteiger partial charge is 0.335 e. The molecule has 6 nitrogen and oxygen atoms in total. The van der Waals surface area contributed by atoms with Crippen LogP contribution in [0.1, 0.15) is 73.4 Å². The number of nitrogens with zero attached hydrogens (tertiary/aromatic N) is 2. The molecule has 0 unspecified atom stereocenters. The van der Waals surface area contributed by atoms with Crippen molar-refractivity contribution in [2.45, 2.75) is 52.4 Å². The Morgan fingerprint density at radius 1 is 0.643 bits per heavy atom. The van der Waals surface area contributed by atoms with Crippen LogP contribution in [0.3, 0.4) is 0 Å². The Balaban J connectivity index is 2.54. The third-order valence-corrected chi connectivity index (χ3v) is 4.34. The molecule has 0 saturated heterocycles. The van der Waals surface area contributed by atoms with E-state index < -0.39 is 11.9 Å². The molecule has 28 heavy (non-hydrogen) atoms. The molecule has 0 fully saturated rings. The largest absolute Gasteiger partial charge is 0.478 e. The normalized spacial score (nSPS) is 12.4. The van der Waals surface area contributed by atoms with Crippen LogP contribution in [-0.2, 0) is 10.8 Å². The maximum atomic E-state index is 11.2. The molecule has 0 bridgehead atoms. The summed E-state index contributed by atoms with van der Waals surface area (Å²) in [6.45, 7) is 12.7. The van der Waals surface area contributed by atoms with Gasteiger partial charge in [0.2, 0.25) is 0 Å². The molecule has 0 atom stereocenters. The SMILES string of the molecule is CC(C)(C)c1cc(N=Nc2cc(C(=O)O)cc(C(=O)O)c2)cc(C(C)(C)C)c1. The van der Waals surface area contributed by atoms with Gasteiger partial charge in [-0.3, -0.25) is 0 Å². The first kappa shape index (κ1) is 21.3. The van der Waals surface area contributed by atoms with E-state index in [2.05, 4.69) is 57.8 Å². The van der Waals surface area contributed by atoms with E-state index in [4.69, 9.17) is 0 Å². The van der Waals surface area contributed by atoms with Gasteiger partial charge in [0.1, 0.15) is 0 Å². The summed E-state index contributed by atoms with van der Waals surface area (Å²) in [7, 11) is 0. The Hall–Kier alpha value is -3.02. The highest BCUT2D eigenvalue weighted by Crippen LogP contribution is 2.33. The minimum absolute atomic E-state index is 0.0781. The number of benzene rings is 2. The fourth-order valence-electron chi connectivity index (χ4n) is 2.57. The summed E-state index contributed by atoms with van der Waals surface area (Å²) in [6.07, 6.45) is 0. The van der Waals surface area contributed by atoms with Crippen molar-refractivity contribution in [1.82, 2.24) is 0 Å². The Morgan fingerprint density at radius 2 is 1.00 bits per heavy atom. The Bertz CT molecular complexity index is 883. The van der Waals surface area contributed by atoms with Gasteiger partial charge in [-0.15, -0.1) is 0 Å². The zero-order valence-electron chi connectivity index (χ0n) is 17.1. The molecule has 2 aromatic rings. The number of rotatable bonds is 4. The predicted molar refractivity (Wildman–Crippen MR) is 108 cm³/mol. The van der Waals surface area contributed by atoms with E-state index in [0.717, 1.165) is 17.2 Å². The third-order valence-electron chi connectivity index (χ3n) is 4.34. The fourth-order valence-corrected chi connectivity index (χ4v) is 2.57. The van der Waals surface area contributed by atoms with Gasteiger partial charge in [0.05, 0.1) is 22.5 Å². The molecule has 2 rings (SSSR count). The van der Waals surface area contributed by atoms with Gasteiger partial charge in [0.25, 0.3) is 0 Å². The number of carboxylic acids is 2. The number of carbonyl (C=O) groups is 2. The molecule has 0 heterocycles. The molecule has 0 aliphatic rings. The van der Waals surface area contributed by atoms with Crippen LogP contribution in [0.5, 0.6) is 0 Å². The van der Waals surface area contributed by atoms with E-state index in [9.17, 15) is 19.8 Å². The van der Waals surface area contributed by atoms with Gasteiger partial charge < -0.3 is 10.2 Å². The van der Waals surface area contributed by atoms with Gasteiger partial charge >= 0.3 is 11.9 Å². The van der Waals surface area contributed by atoms with Gasteiger partial charge in [0.15, 0.2) is 0 Å². The van der Waals surface area contributed by atoms with Crippen LogP contribution < -0.4 is 0 Å². The minimum atomic E-state index is -1.22. The van der Waals surface area contributed by atoms with Crippen LogP contribution in [0.2, 0.25) is 0 Å². The molecule has 0 radical (unpaired) electrons. The molecule has 2 aromatic carbocycles. The standard InChI is InChI=1S/C22H26N2O4/c1-21(2,3)15-10-16(22(4,5)6)12-18(11-15)24-23-17-8-13(19(25)26)7-14(9-17)20(27)28/h7-12H,1-6H3,(H,25,26)(H,27,28). The summed E-state index contributed by atoms with van der Waals surface area (Å²) < 4.78 is 0. The zero-order chi connectivity index (χ0) is 21.3. The summed E-state index contributed by atoms with van der Waals surface area (Å²) in [4.78, 5) is 22.5. The van der Waals surface area contributed by atoms with Gasteiger partial charge in [-0.25, -0.2) is 9.59 Å². The third kappa shape index (κ3) is 5.25. The molecule has 0 aliphatic heterocycles. The summed E-state index contributed by atoms with van der Waals surface area (Å²) in [6, 6.07) is 9.75. The second kappa shape index (κ2) is 7.54. The van der Waals surface area contributed by atoms with Crippen molar-refractivity contribution in [2.75, 3.05) is 0 Å². The molecular formula is C22H26N2O4. The van der Waals surface area contributed by atoms with Gasteiger partial charge in [-0.2, -0.15) is 10.2 Å². The van der Waals surface area contributed by atoms with Crippen molar-refractivity contribution in [2.24, 2.45) is 10.2 Å². The number of carboxylic acid groups (broad SMARTS) is 2. The van der Waals surface area contributed by atoms with Crippen molar-refractivity contribution < 1.29 is 19.8 Å². The lowest BCUT2D eigenvalue weighted by molar-refractivity contribution is 0.0696. The second-order valence-electron chi connectivity index (χ2n) is 8.85. The van der Waals surface area contributed by atoms with Crippen molar-refractivity contribution in [1.29, 1.82) is 0 Å². The first-order valence-corrected chi connectivity index (χ1v) is 8.97. The average molecular weight is 382 g/mol. The average Bonchev–Trinajstić information content (AvgIpc) is 2.57. The molecule has 0 amide bonds. The Morgan fingerprint density at radius 3 is 1.32 bits per heavy atom. The fraction of sp³-hybridized carbons (Fsp3) is 0.364. The lowest BCUT2D eigenvalue weighted by atomic mass is 9.80. The summed E-state index contributed by atoms with van der Waals surface area (Å²) in [5.41, 5.74) is 2.58. The molecule has 6 heteroatoms. The highest BCUT2D eigenvalue weighted by Gasteiger charge is 2.20. The second-order valence-corrected chi connectivity index (χ2v) is 8.85. The minimum Gasteiger partial charge on any atom is -0.478 e. The summed E-state index contributed by atoms with van der Waals surface area (Å²) in [5, 5.41) is 26.7. The van der Waals surface area contributed by atoms with Crippen molar-refractivity contribution in [3.8, 4) is 0 Å². The van der Waals surface area contributed by atoms with Crippen LogP contribution >= 0.6 is 0 Å². The first-order chi connectivity index (χ1) is 12.8. The number of aromatic carboxylic acids is 2. The molecule has 2 N–H and O–H groups in total. The Labute approximate surface area is 164 Å². The first-order valence-electron chi connectivity index (χ1n) is 8.97. The van der Waals surface area contributed by atoms with E-state index in [0.29, 0.717) is 5.69 Å².